The highest BCUT2D eigenvalue weighted by molar-refractivity contribution is 8.02. The summed E-state index contributed by atoms with van der Waals surface area (Å²) in [6, 6.07) is 10.3. The second-order valence-corrected chi connectivity index (χ2v) is 7.96. The fourth-order valence-electron chi connectivity index (χ4n) is 2.75. The molecule has 1 aliphatic heterocycles. The van der Waals surface area contributed by atoms with Gasteiger partial charge in [0, 0.05) is 34.9 Å². The summed E-state index contributed by atoms with van der Waals surface area (Å²) in [4.78, 5) is 20.0. The fourth-order valence-corrected chi connectivity index (χ4v) is 4.46. The number of H-pyrrole nitrogens is 1. The topological polar surface area (TPSA) is 57.8 Å². The normalized spacial score (nSPS) is 13.6. The molecule has 4 nitrogen and oxygen atoms in total. The molecule has 0 aliphatic carbocycles. The van der Waals surface area contributed by atoms with E-state index in [1.807, 2.05) is 36.9 Å². The van der Waals surface area contributed by atoms with E-state index in [1.165, 1.54) is 11.3 Å². The van der Waals surface area contributed by atoms with Crippen LogP contribution in [0.3, 0.4) is 0 Å². The van der Waals surface area contributed by atoms with Crippen molar-refractivity contribution in [2.45, 2.75) is 26.2 Å². The number of rotatable bonds is 8. The van der Waals surface area contributed by atoms with Crippen LogP contribution in [-0.2, 0) is 19.3 Å². The highest BCUT2D eigenvalue weighted by Gasteiger charge is 2.09. The minimum Gasteiger partial charge on any atom is -0.378 e. The Kier molecular flexibility index (Phi) is 6.64. The Morgan fingerprint density at radius 2 is 2.04 bits per heavy atom. The van der Waals surface area contributed by atoms with Gasteiger partial charge in [-0.15, -0.1) is 11.8 Å². The summed E-state index contributed by atoms with van der Waals surface area (Å²) in [5.74, 6) is 3.72. The maximum absolute atomic E-state index is 12.4. The van der Waals surface area contributed by atoms with E-state index >= 15 is 0 Å². The summed E-state index contributed by atoms with van der Waals surface area (Å²) in [6.07, 6.45) is 2.38. The van der Waals surface area contributed by atoms with Crippen molar-refractivity contribution in [3.8, 4) is 0 Å². The number of nitrogens with zero attached hydrogens (tertiary/aromatic N) is 1. The lowest BCUT2D eigenvalue weighted by Gasteiger charge is -2.08. The zero-order valence-corrected chi connectivity index (χ0v) is 16.0. The van der Waals surface area contributed by atoms with Gasteiger partial charge in [-0.2, -0.15) is 11.8 Å². The van der Waals surface area contributed by atoms with Crippen LogP contribution in [0, 0.1) is 6.92 Å². The van der Waals surface area contributed by atoms with Gasteiger partial charge in [-0.3, -0.25) is 4.79 Å². The minimum absolute atomic E-state index is 0.0139. The highest BCUT2D eigenvalue weighted by Crippen LogP contribution is 2.17. The lowest BCUT2D eigenvalue weighted by Crippen LogP contribution is -2.20. The molecule has 1 aliphatic rings. The summed E-state index contributed by atoms with van der Waals surface area (Å²) in [5.41, 5.74) is 4.22. The molecule has 0 saturated carbocycles. The van der Waals surface area contributed by atoms with Gasteiger partial charge in [0.25, 0.3) is 5.56 Å². The zero-order chi connectivity index (χ0) is 17.5. The second-order valence-electron chi connectivity index (χ2n) is 6.00. The molecule has 0 fully saturated rings. The third-order valence-electron chi connectivity index (χ3n) is 4.13. The molecule has 0 unspecified atom stereocenters. The lowest BCUT2D eigenvalue weighted by atomic mass is 10.0. The van der Waals surface area contributed by atoms with Crippen molar-refractivity contribution in [1.29, 1.82) is 0 Å². The average molecular weight is 374 g/mol. The van der Waals surface area contributed by atoms with Gasteiger partial charge < -0.3 is 10.3 Å². The molecule has 2 N–H and O–H groups in total. The summed E-state index contributed by atoms with van der Waals surface area (Å²) in [7, 11) is 0. The molecule has 0 saturated heterocycles. The van der Waals surface area contributed by atoms with Crippen molar-refractivity contribution >= 4 is 23.5 Å². The first-order chi connectivity index (χ1) is 12.2. The third kappa shape index (κ3) is 5.41. The van der Waals surface area contributed by atoms with Crippen LogP contribution >= 0.6 is 23.5 Å². The first-order valence-corrected chi connectivity index (χ1v) is 10.7. The number of thioether (sulfide) groups is 2. The zero-order valence-electron chi connectivity index (χ0n) is 14.4. The van der Waals surface area contributed by atoms with Crippen LogP contribution in [0.4, 0.5) is 0 Å². The maximum atomic E-state index is 12.4. The quantitative estimate of drug-likeness (QED) is 0.696. The molecule has 2 heterocycles. The number of aryl methyl sites for hydroxylation is 3. The van der Waals surface area contributed by atoms with Crippen LogP contribution in [0.5, 0.6) is 0 Å². The molecule has 3 rings (SSSR count). The molecule has 0 bridgehead atoms. The van der Waals surface area contributed by atoms with Crippen LogP contribution < -0.4 is 10.9 Å². The molecule has 1 aromatic heterocycles. The molecular weight excluding hydrogens is 350 g/mol. The molecule has 1 aromatic carbocycles. The smallest absolute Gasteiger partial charge is 0.254 e. The number of aromatic nitrogens is 2. The van der Waals surface area contributed by atoms with E-state index in [-0.39, 0.29) is 5.56 Å². The predicted molar refractivity (Wildman–Crippen MR) is 108 cm³/mol. The van der Waals surface area contributed by atoms with Crippen LogP contribution in [-0.4, -0.2) is 27.4 Å². The van der Waals surface area contributed by atoms with Crippen LogP contribution in [0.15, 0.2) is 46.2 Å². The summed E-state index contributed by atoms with van der Waals surface area (Å²) in [6.45, 7) is 1.94. The number of hydrogen-bond acceptors (Lipinski definition) is 5. The van der Waals surface area contributed by atoms with E-state index in [0.717, 1.165) is 53.7 Å². The predicted octanol–water partition coefficient (Wildman–Crippen LogP) is 3.27. The van der Waals surface area contributed by atoms with Crippen LogP contribution in [0.25, 0.3) is 0 Å². The molecular formula is C19H23N3OS2. The molecule has 2 aromatic rings. The van der Waals surface area contributed by atoms with Gasteiger partial charge in [0.2, 0.25) is 0 Å². The van der Waals surface area contributed by atoms with E-state index in [9.17, 15) is 4.79 Å². The van der Waals surface area contributed by atoms with Gasteiger partial charge in [0.05, 0.1) is 5.88 Å². The molecule has 0 spiro atoms. The van der Waals surface area contributed by atoms with E-state index in [2.05, 4.69) is 32.8 Å². The van der Waals surface area contributed by atoms with Crippen molar-refractivity contribution in [1.82, 2.24) is 15.3 Å². The Morgan fingerprint density at radius 1 is 1.20 bits per heavy atom. The Hall–Kier alpha value is -1.66. The van der Waals surface area contributed by atoms with Gasteiger partial charge in [-0.25, -0.2) is 4.98 Å². The molecule has 25 heavy (non-hydrogen) atoms. The first-order valence-electron chi connectivity index (χ1n) is 8.47. The maximum Gasteiger partial charge on any atom is 0.254 e. The molecule has 0 atom stereocenters. The van der Waals surface area contributed by atoms with Gasteiger partial charge in [-0.1, -0.05) is 30.3 Å². The second kappa shape index (κ2) is 9.15. The van der Waals surface area contributed by atoms with E-state index in [0.29, 0.717) is 0 Å². The Bertz CT molecular complexity index is 787. The molecule has 6 heteroatoms. The number of benzene rings is 1. The largest absolute Gasteiger partial charge is 0.378 e. The monoisotopic (exact) mass is 373 g/mol. The average Bonchev–Trinajstić information content (AvgIpc) is 3.12. The van der Waals surface area contributed by atoms with Gasteiger partial charge in [0.1, 0.15) is 5.82 Å². The van der Waals surface area contributed by atoms with Gasteiger partial charge in [0.15, 0.2) is 0 Å². The van der Waals surface area contributed by atoms with Crippen molar-refractivity contribution in [2.24, 2.45) is 0 Å². The van der Waals surface area contributed by atoms with Crippen LogP contribution in [0.1, 0.15) is 22.6 Å². The Labute approximate surface area is 156 Å². The summed E-state index contributed by atoms with van der Waals surface area (Å²) >= 11 is 3.66. The van der Waals surface area contributed by atoms with Crippen molar-refractivity contribution < 1.29 is 0 Å². The van der Waals surface area contributed by atoms with Crippen molar-refractivity contribution in [3.63, 3.8) is 0 Å². The standard InChI is InChI=1S/C19H23N3OS2/c1-14-17(8-7-15-5-3-2-4-6-15)19(23)22-18(21-14)9-10-24-11-16-12-25-13-20-16/h2-6,12,20H,7-11,13H2,1H3,(H,21,22,23). The molecule has 0 amide bonds. The van der Waals surface area contributed by atoms with Gasteiger partial charge in [-0.05, 0) is 30.7 Å². The molecule has 0 radical (unpaired) electrons. The SMILES string of the molecule is Cc1nc(CCSCC2=CSCN2)[nH]c(=O)c1CCc1ccccc1. The van der Waals surface area contributed by atoms with Gasteiger partial charge >= 0.3 is 0 Å². The Morgan fingerprint density at radius 3 is 2.76 bits per heavy atom. The van der Waals surface area contributed by atoms with E-state index < -0.39 is 0 Å². The Balaban J connectivity index is 1.53. The number of aromatic amines is 1. The van der Waals surface area contributed by atoms with Crippen LogP contribution in [0.2, 0.25) is 0 Å². The number of nitrogens with one attached hydrogen (secondary N) is 2. The highest BCUT2D eigenvalue weighted by atomic mass is 32.2. The van der Waals surface area contributed by atoms with Crippen molar-refractivity contribution in [3.05, 3.63) is 74.4 Å². The van der Waals surface area contributed by atoms with Crippen molar-refractivity contribution in [2.75, 3.05) is 17.4 Å². The van der Waals surface area contributed by atoms with E-state index in [4.69, 9.17) is 0 Å². The summed E-state index contributed by atoms with van der Waals surface area (Å²) in [5, 5.41) is 5.52. The summed E-state index contributed by atoms with van der Waals surface area (Å²) < 4.78 is 0. The first kappa shape index (κ1) is 18.1. The minimum atomic E-state index is 0.0139. The lowest BCUT2D eigenvalue weighted by molar-refractivity contribution is 0.840. The molecule has 132 valence electrons. The number of hydrogen-bond donors (Lipinski definition) is 2. The third-order valence-corrected chi connectivity index (χ3v) is 5.90. The van der Waals surface area contributed by atoms with E-state index in [1.54, 1.807) is 11.8 Å². The fraction of sp³-hybridized carbons (Fsp3) is 0.368.